The van der Waals surface area contributed by atoms with Crippen molar-refractivity contribution in [1.29, 1.82) is 0 Å². The van der Waals surface area contributed by atoms with Gasteiger partial charge in [0.1, 0.15) is 0 Å². The summed E-state index contributed by atoms with van der Waals surface area (Å²) in [7, 11) is 0. The number of hydrogen-bond donors (Lipinski definition) is 1. The minimum atomic E-state index is 0.372. The molecule has 2 N–H and O–H groups in total. The Morgan fingerprint density at radius 3 is 2.85 bits per heavy atom. The normalized spacial score (nSPS) is 33.2. The Bertz CT molecular complexity index is 180. The SMILES string of the molecule is CCC1CN(C2(CN)CC2)CCO1. The van der Waals surface area contributed by atoms with E-state index in [0.29, 0.717) is 11.6 Å². The lowest BCUT2D eigenvalue weighted by molar-refractivity contribution is -0.0480. The van der Waals surface area contributed by atoms with E-state index in [2.05, 4.69) is 11.8 Å². The van der Waals surface area contributed by atoms with Crippen molar-refractivity contribution in [2.45, 2.75) is 37.8 Å². The van der Waals surface area contributed by atoms with Crippen LogP contribution in [0, 0.1) is 0 Å². The second-order valence-electron chi connectivity index (χ2n) is 4.28. The predicted molar refractivity (Wildman–Crippen MR) is 52.6 cm³/mol. The average molecular weight is 184 g/mol. The average Bonchev–Trinajstić information content (AvgIpc) is 2.99. The molecule has 0 aromatic heterocycles. The number of rotatable bonds is 3. The van der Waals surface area contributed by atoms with Gasteiger partial charge in [0.15, 0.2) is 0 Å². The summed E-state index contributed by atoms with van der Waals surface area (Å²) in [6.45, 7) is 6.07. The topological polar surface area (TPSA) is 38.5 Å². The van der Waals surface area contributed by atoms with Crippen LogP contribution < -0.4 is 5.73 Å². The van der Waals surface area contributed by atoms with Crippen molar-refractivity contribution in [3.63, 3.8) is 0 Å². The summed E-state index contributed by atoms with van der Waals surface area (Å²) in [6, 6.07) is 0. The molecule has 0 radical (unpaired) electrons. The zero-order chi connectivity index (χ0) is 9.31. The molecule has 0 aromatic rings. The Hall–Kier alpha value is -0.120. The third kappa shape index (κ3) is 1.73. The molecule has 1 aliphatic carbocycles. The maximum atomic E-state index is 5.80. The van der Waals surface area contributed by atoms with Crippen LogP contribution in [0.15, 0.2) is 0 Å². The van der Waals surface area contributed by atoms with Gasteiger partial charge in [0.25, 0.3) is 0 Å². The van der Waals surface area contributed by atoms with Gasteiger partial charge in [-0.25, -0.2) is 0 Å². The summed E-state index contributed by atoms with van der Waals surface area (Å²) >= 11 is 0. The summed E-state index contributed by atoms with van der Waals surface area (Å²) in [4.78, 5) is 2.55. The summed E-state index contributed by atoms with van der Waals surface area (Å²) in [5.74, 6) is 0. The molecular formula is C10H20N2O. The van der Waals surface area contributed by atoms with E-state index in [-0.39, 0.29) is 0 Å². The summed E-state index contributed by atoms with van der Waals surface area (Å²) in [5, 5.41) is 0. The first-order valence-electron chi connectivity index (χ1n) is 5.37. The quantitative estimate of drug-likeness (QED) is 0.697. The van der Waals surface area contributed by atoms with Gasteiger partial charge in [-0.15, -0.1) is 0 Å². The van der Waals surface area contributed by atoms with Crippen LogP contribution in [0.4, 0.5) is 0 Å². The Morgan fingerprint density at radius 2 is 2.31 bits per heavy atom. The highest BCUT2D eigenvalue weighted by molar-refractivity contribution is 5.05. The molecule has 2 aliphatic rings. The second kappa shape index (κ2) is 3.56. The molecule has 0 spiro atoms. The molecular weight excluding hydrogens is 164 g/mol. The number of nitrogens with zero attached hydrogens (tertiary/aromatic N) is 1. The van der Waals surface area contributed by atoms with Crippen molar-refractivity contribution in [1.82, 2.24) is 4.90 Å². The van der Waals surface area contributed by atoms with Crippen LogP contribution in [0.2, 0.25) is 0 Å². The number of nitrogens with two attached hydrogens (primary N) is 1. The van der Waals surface area contributed by atoms with Gasteiger partial charge >= 0.3 is 0 Å². The van der Waals surface area contributed by atoms with Gasteiger partial charge in [-0.3, -0.25) is 4.90 Å². The molecule has 1 saturated heterocycles. The van der Waals surface area contributed by atoms with Crippen molar-refractivity contribution >= 4 is 0 Å². The van der Waals surface area contributed by atoms with Crippen LogP contribution in [-0.2, 0) is 4.74 Å². The molecule has 3 nitrogen and oxygen atoms in total. The van der Waals surface area contributed by atoms with Gasteiger partial charge in [-0.1, -0.05) is 6.92 Å². The third-order valence-corrected chi connectivity index (χ3v) is 3.47. The zero-order valence-corrected chi connectivity index (χ0v) is 8.46. The fourth-order valence-corrected chi connectivity index (χ4v) is 2.19. The molecule has 0 aromatic carbocycles. The van der Waals surface area contributed by atoms with Crippen LogP contribution in [0.5, 0.6) is 0 Å². The van der Waals surface area contributed by atoms with Gasteiger partial charge < -0.3 is 10.5 Å². The molecule has 2 rings (SSSR count). The summed E-state index contributed by atoms with van der Waals surface area (Å²) in [5.41, 5.74) is 6.18. The zero-order valence-electron chi connectivity index (χ0n) is 8.46. The standard InChI is InChI=1S/C10H20N2O/c1-2-9-7-12(5-6-13-9)10(8-11)3-4-10/h9H,2-8,11H2,1H3. The van der Waals surface area contributed by atoms with E-state index in [1.54, 1.807) is 0 Å². The Labute approximate surface area is 80.2 Å². The van der Waals surface area contributed by atoms with Gasteiger partial charge in [0, 0.05) is 25.2 Å². The highest BCUT2D eigenvalue weighted by Crippen LogP contribution is 2.41. The Kier molecular flexibility index (Phi) is 2.58. The minimum absolute atomic E-state index is 0.372. The molecule has 0 bridgehead atoms. The molecule has 0 amide bonds. The molecule has 1 aliphatic heterocycles. The van der Waals surface area contributed by atoms with E-state index >= 15 is 0 Å². The Morgan fingerprint density at radius 1 is 1.54 bits per heavy atom. The third-order valence-electron chi connectivity index (χ3n) is 3.47. The first-order chi connectivity index (χ1) is 6.30. The van der Waals surface area contributed by atoms with Crippen LogP contribution >= 0.6 is 0 Å². The maximum absolute atomic E-state index is 5.80. The van der Waals surface area contributed by atoms with Gasteiger partial charge in [0.2, 0.25) is 0 Å². The molecule has 76 valence electrons. The van der Waals surface area contributed by atoms with E-state index in [1.165, 1.54) is 12.8 Å². The lowest BCUT2D eigenvalue weighted by Crippen LogP contribution is -2.51. The van der Waals surface area contributed by atoms with Crippen molar-refractivity contribution in [2.24, 2.45) is 5.73 Å². The van der Waals surface area contributed by atoms with E-state index in [1.807, 2.05) is 0 Å². The minimum Gasteiger partial charge on any atom is -0.376 e. The highest BCUT2D eigenvalue weighted by atomic mass is 16.5. The number of morpholine rings is 1. The maximum Gasteiger partial charge on any atom is 0.0700 e. The van der Waals surface area contributed by atoms with E-state index in [0.717, 1.165) is 32.7 Å². The van der Waals surface area contributed by atoms with E-state index in [4.69, 9.17) is 10.5 Å². The molecule has 1 atom stereocenters. The fourth-order valence-electron chi connectivity index (χ4n) is 2.19. The van der Waals surface area contributed by atoms with E-state index < -0.39 is 0 Å². The molecule has 1 unspecified atom stereocenters. The van der Waals surface area contributed by atoms with Crippen molar-refractivity contribution in [2.75, 3.05) is 26.2 Å². The first kappa shape index (κ1) is 9.44. The second-order valence-corrected chi connectivity index (χ2v) is 4.28. The molecule has 1 saturated carbocycles. The first-order valence-corrected chi connectivity index (χ1v) is 5.37. The smallest absolute Gasteiger partial charge is 0.0700 e. The Balaban J connectivity index is 1.92. The van der Waals surface area contributed by atoms with Gasteiger partial charge in [0.05, 0.1) is 12.7 Å². The van der Waals surface area contributed by atoms with Crippen LogP contribution in [-0.4, -0.2) is 42.8 Å². The fraction of sp³-hybridized carbons (Fsp3) is 1.00. The molecule has 2 fully saturated rings. The lowest BCUT2D eigenvalue weighted by Gasteiger charge is -2.38. The van der Waals surface area contributed by atoms with Crippen LogP contribution in [0.25, 0.3) is 0 Å². The molecule has 3 heteroatoms. The van der Waals surface area contributed by atoms with Crippen molar-refractivity contribution in [3.05, 3.63) is 0 Å². The summed E-state index contributed by atoms with van der Waals surface area (Å²) in [6.07, 6.45) is 4.15. The van der Waals surface area contributed by atoms with Crippen LogP contribution in [0.3, 0.4) is 0 Å². The summed E-state index contributed by atoms with van der Waals surface area (Å²) < 4.78 is 5.64. The highest BCUT2D eigenvalue weighted by Gasteiger charge is 2.47. The number of hydrogen-bond acceptors (Lipinski definition) is 3. The molecule has 13 heavy (non-hydrogen) atoms. The van der Waals surface area contributed by atoms with Crippen LogP contribution in [0.1, 0.15) is 26.2 Å². The van der Waals surface area contributed by atoms with E-state index in [9.17, 15) is 0 Å². The van der Waals surface area contributed by atoms with Crippen molar-refractivity contribution in [3.8, 4) is 0 Å². The molecule has 1 heterocycles. The predicted octanol–water partition coefficient (Wildman–Crippen LogP) is 0.588. The van der Waals surface area contributed by atoms with Crippen molar-refractivity contribution < 1.29 is 4.74 Å². The lowest BCUT2D eigenvalue weighted by atomic mass is 10.1. The number of ether oxygens (including phenoxy) is 1. The van der Waals surface area contributed by atoms with Gasteiger partial charge in [-0.2, -0.15) is 0 Å². The van der Waals surface area contributed by atoms with Gasteiger partial charge in [-0.05, 0) is 19.3 Å². The largest absolute Gasteiger partial charge is 0.376 e. The monoisotopic (exact) mass is 184 g/mol.